The molecular formula is C46H86N2O17. The fourth-order valence-electron chi connectivity index (χ4n) is 8.22. The summed E-state index contributed by atoms with van der Waals surface area (Å²) >= 11 is 0. The Hall–Kier alpha value is -3.01. The number of nitrogens with zero attached hydrogens (tertiary/aromatic N) is 2. The number of methoxy groups -OCH3 is 1. The third kappa shape index (κ3) is 20.0. The molecule has 0 aromatic heterocycles. The van der Waals surface area contributed by atoms with Crippen molar-refractivity contribution in [3.63, 3.8) is 0 Å². The maximum Gasteiger partial charge on any atom is 0.312 e. The van der Waals surface area contributed by atoms with Gasteiger partial charge in [-0.3, -0.25) is 24.0 Å². The lowest BCUT2D eigenvalue weighted by atomic mass is 9.66. The highest BCUT2D eigenvalue weighted by molar-refractivity contribution is 5.81. The van der Waals surface area contributed by atoms with Crippen molar-refractivity contribution in [1.29, 1.82) is 0 Å². The summed E-state index contributed by atoms with van der Waals surface area (Å²) in [6.07, 6.45) is -3.45. The standard InChI is InChI=1S/C46H86N2O17/c1-16-42(6,28-43(7,18-31(3)36(54)55)39(58)63-23-32(50)19-49)38(57)64-26-35(53)22-61-21-34(52)25-62-37(56)41(4,5)27-46(10,48(13)14)30-44(8,29-45(9,17-2)47(11)12)40(59)65-24-33(51)20-60-15/h31-35,49-53H,16-30H2,1-15H3,(H,54,55). The van der Waals surface area contributed by atoms with Gasteiger partial charge in [0.15, 0.2) is 0 Å². The number of esters is 4. The lowest BCUT2D eigenvalue weighted by Gasteiger charge is -2.48. The maximum absolute atomic E-state index is 13.9. The summed E-state index contributed by atoms with van der Waals surface area (Å²) in [5, 5.41) is 59.8. The zero-order valence-electron chi connectivity index (χ0n) is 42.1. The monoisotopic (exact) mass is 939 g/mol. The third-order valence-electron chi connectivity index (χ3n) is 12.9. The summed E-state index contributed by atoms with van der Waals surface area (Å²) in [7, 11) is 9.10. The first-order valence-corrected chi connectivity index (χ1v) is 22.4. The van der Waals surface area contributed by atoms with Crippen LogP contribution in [0.15, 0.2) is 0 Å². The highest BCUT2D eigenvalue weighted by atomic mass is 16.6. The second kappa shape index (κ2) is 27.1. The predicted molar refractivity (Wildman–Crippen MR) is 240 cm³/mol. The van der Waals surface area contributed by atoms with E-state index in [4.69, 9.17) is 33.5 Å². The van der Waals surface area contributed by atoms with Gasteiger partial charge in [-0.15, -0.1) is 0 Å². The second-order valence-corrected chi connectivity index (χ2v) is 20.4. The topological polar surface area (TPSA) is 269 Å². The Bertz CT molecular complexity index is 1500. The highest BCUT2D eigenvalue weighted by Crippen LogP contribution is 2.46. The quantitative estimate of drug-likeness (QED) is 0.0400. The van der Waals surface area contributed by atoms with Gasteiger partial charge in [0.2, 0.25) is 0 Å². The molecule has 0 amide bonds. The van der Waals surface area contributed by atoms with E-state index in [0.717, 1.165) is 6.42 Å². The van der Waals surface area contributed by atoms with Crippen LogP contribution in [0.4, 0.5) is 0 Å². The molecule has 0 aliphatic carbocycles. The number of carbonyl (C=O) groups excluding carboxylic acids is 4. The SMILES string of the molecule is CCC(C)(CC(C)(CC(C)C(=O)O)C(=O)OCC(O)CO)C(=O)OCC(O)COCC(O)COC(=O)C(C)(C)CC(C)(CC(C)(CC(C)(CC)N(C)C)C(=O)OCC(O)COC)N(C)C. The smallest absolute Gasteiger partial charge is 0.312 e. The summed E-state index contributed by atoms with van der Waals surface area (Å²) in [6.45, 7) is 14.4. The summed E-state index contributed by atoms with van der Waals surface area (Å²) in [5.74, 6) is -4.86. The number of carboxylic acids is 1. The van der Waals surface area contributed by atoms with Crippen LogP contribution in [0.25, 0.3) is 0 Å². The lowest BCUT2D eigenvalue weighted by Crippen LogP contribution is -2.54. The number of aliphatic hydroxyl groups excluding tert-OH is 5. The van der Waals surface area contributed by atoms with Crippen LogP contribution in [0.1, 0.15) is 114 Å². The van der Waals surface area contributed by atoms with Crippen molar-refractivity contribution >= 4 is 29.8 Å². The number of carbonyl (C=O) groups is 5. The number of hydrogen-bond acceptors (Lipinski definition) is 18. The van der Waals surface area contributed by atoms with Crippen molar-refractivity contribution in [2.24, 2.45) is 27.6 Å². The minimum absolute atomic E-state index is 0.00506. The molecule has 0 aromatic carbocycles. The Kier molecular flexibility index (Phi) is 25.8. The molecule has 0 fully saturated rings. The van der Waals surface area contributed by atoms with Gasteiger partial charge in [-0.2, -0.15) is 0 Å². The zero-order valence-corrected chi connectivity index (χ0v) is 42.1. The Balaban J connectivity index is 5.67. The number of aliphatic hydroxyl groups is 5. The molecule has 0 bridgehead atoms. The molecule has 10 unspecified atom stereocenters. The molecule has 0 heterocycles. The van der Waals surface area contributed by atoms with E-state index in [2.05, 4.69) is 18.7 Å². The van der Waals surface area contributed by atoms with Crippen LogP contribution in [0.5, 0.6) is 0 Å². The summed E-state index contributed by atoms with van der Waals surface area (Å²) in [5.41, 5.74) is -6.14. The Morgan fingerprint density at radius 3 is 1.32 bits per heavy atom. The normalized spacial score (nSPS) is 19.2. The minimum Gasteiger partial charge on any atom is -0.481 e. The van der Waals surface area contributed by atoms with Crippen LogP contribution >= 0.6 is 0 Å². The molecule has 0 aliphatic heterocycles. The van der Waals surface area contributed by atoms with Crippen molar-refractivity contribution < 1.29 is 83.0 Å². The van der Waals surface area contributed by atoms with Crippen LogP contribution in [0, 0.1) is 27.6 Å². The number of ether oxygens (including phenoxy) is 6. The van der Waals surface area contributed by atoms with E-state index in [-0.39, 0.29) is 58.5 Å². The molecule has 19 nitrogen and oxygen atoms in total. The van der Waals surface area contributed by atoms with Gasteiger partial charge in [0.1, 0.15) is 50.8 Å². The van der Waals surface area contributed by atoms with Crippen LogP contribution < -0.4 is 0 Å². The third-order valence-corrected chi connectivity index (χ3v) is 12.9. The largest absolute Gasteiger partial charge is 0.481 e. The molecule has 65 heavy (non-hydrogen) atoms. The summed E-state index contributed by atoms with van der Waals surface area (Å²) in [6, 6.07) is 0. The molecule has 6 N–H and O–H groups in total. The van der Waals surface area contributed by atoms with E-state index in [1.54, 1.807) is 27.7 Å². The Morgan fingerprint density at radius 1 is 0.523 bits per heavy atom. The van der Waals surface area contributed by atoms with Gasteiger partial charge in [0, 0.05) is 18.2 Å². The lowest BCUT2D eigenvalue weighted by molar-refractivity contribution is -0.169. The van der Waals surface area contributed by atoms with Crippen LogP contribution in [-0.2, 0) is 52.4 Å². The first kappa shape index (κ1) is 62.0. The second-order valence-electron chi connectivity index (χ2n) is 20.4. The minimum atomic E-state index is -1.50. The first-order valence-electron chi connectivity index (χ1n) is 22.4. The molecule has 0 saturated carbocycles. The van der Waals surface area contributed by atoms with Gasteiger partial charge >= 0.3 is 29.8 Å². The predicted octanol–water partition coefficient (Wildman–Crippen LogP) is 2.44. The van der Waals surface area contributed by atoms with Crippen LogP contribution in [0.3, 0.4) is 0 Å². The maximum atomic E-state index is 13.9. The Morgan fingerprint density at radius 2 is 0.923 bits per heavy atom. The van der Waals surface area contributed by atoms with Crippen LogP contribution in [-0.4, -0.2) is 194 Å². The molecule has 0 spiro atoms. The van der Waals surface area contributed by atoms with Gasteiger partial charge in [-0.1, -0.05) is 20.8 Å². The molecule has 0 aromatic rings. The van der Waals surface area contributed by atoms with Crippen molar-refractivity contribution in [2.75, 3.05) is 88.2 Å². The van der Waals surface area contributed by atoms with Gasteiger partial charge in [0.25, 0.3) is 0 Å². The average Bonchev–Trinajstić information content (AvgIpc) is 3.21. The fourth-order valence-corrected chi connectivity index (χ4v) is 8.22. The van der Waals surface area contributed by atoms with E-state index in [9.17, 15) is 49.5 Å². The number of aliphatic carboxylic acids is 1. The fraction of sp³-hybridized carbons (Fsp3) is 0.891. The van der Waals surface area contributed by atoms with Gasteiger partial charge in [0.05, 0.1) is 54.0 Å². The number of hydrogen-bond donors (Lipinski definition) is 6. The van der Waals surface area contributed by atoms with Crippen molar-refractivity contribution in [2.45, 2.75) is 150 Å². The average molecular weight is 939 g/mol. The van der Waals surface area contributed by atoms with Crippen LogP contribution in [0.2, 0.25) is 0 Å². The molecule has 0 rings (SSSR count). The van der Waals surface area contributed by atoms with Crippen molar-refractivity contribution in [1.82, 2.24) is 9.80 Å². The molecule has 10 atom stereocenters. The molecule has 19 heteroatoms. The zero-order chi connectivity index (χ0) is 50.8. The molecule has 0 saturated heterocycles. The van der Waals surface area contributed by atoms with E-state index in [0.29, 0.717) is 6.42 Å². The van der Waals surface area contributed by atoms with Crippen molar-refractivity contribution in [3.05, 3.63) is 0 Å². The first-order chi connectivity index (χ1) is 29.8. The van der Waals surface area contributed by atoms with Gasteiger partial charge in [-0.05, 0) is 122 Å². The number of rotatable bonds is 34. The van der Waals surface area contributed by atoms with E-state index in [1.807, 2.05) is 46.9 Å². The summed E-state index contributed by atoms with van der Waals surface area (Å²) < 4.78 is 32.3. The number of carboxylic acid groups (broad SMARTS) is 1. The van der Waals surface area contributed by atoms with Crippen molar-refractivity contribution in [3.8, 4) is 0 Å². The van der Waals surface area contributed by atoms with Gasteiger partial charge in [-0.25, -0.2) is 0 Å². The van der Waals surface area contributed by atoms with E-state index in [1.165, 1.54) is 21.0 Å². The molecule has 0 aliphatic rings. The highest BCUT2D eigenvalue weighted by Gasteiger charge is 2.50. The van der Waals surface area contributed by atoms with E-state index >= 15 is 0 Å². The summed E-state index contributed by atoms with van der Waals surface area (Å²) in [4.78, 5) is 69.9. The van der Waals surface area contributed by atoms with E-state index < -0.39 is 119 Å². The molecule has 382 valence electrons. The van der Waals surface area contributed by atoms with Gasteiger partial charge < -0.3 is 68.9 Å². The molecule has 0 radical (unpaired) electrons. The Labute approximate surface area is 387 Å². The molecular weight excluding hydrogens is 853 g/mol.